The minimum Gasteiger partial charge on any atom is -0.465 e. The Morgan fingerprint density at radius 1 is 1.67 bits per heavy atom. The Labute approximate surface area is 71.8 Å². The van der Waals surface area contributed by atoms with Crippen LogP contribution in [0, 0.1) is 5.92 Å². The molecule has 0 aromatic rings. The fraction of sp³-hybridized carbons (Fsp3) is 0.875. The molecule has 1 aliphatic rings. The van der Waals surface area contributed by atoms with Crippen molar-refractivity contribution in [2.45, 2.75) is 25.8 Å². The van der Waals surface area contributed by atoms with E-state index in [-0.39, 0.29) is 12.6 Å². The summed E-state index contributed by atoms with van der Waals surface area (Å²) in [6, 6.07) is -0.189. The number of hydrogen-bond donors (Lipinski definition) is 2. The number of likely N-dealkylation sites (tertiary alicyclic amines) is 1. The van der Waals surface area contributed by atoms with Crippen molar-refractivity contribution in [3.63, 3.8) is 0 Å². The number of hydrogen-bond acceptors (Lipinski definition) is 2. The quantitative estimate of drug-likeness (QED) is 0.615. The molecule has 4 nitrogen and oxygen atoms in total. The lowest BCUT2D eigenvalue weighted by atomic mass is 9.93. The lowest BCUT2D eigenvalue weighted by Crippen LogP contribution is -2.46. The maximum Gasteiger partial charge on any atom is 0.407 e. The number of carbonyl (C=O) groups is 1. The first-order chi connectivity index (χ1) is 5.65. The molecule has 1 heterocycles. The van der Waals surface area contributed by atoms with E-state index in [4.69, 9.17) is 10.2 Å². The van der Waals surface area contributed by atoms with Crippen molar-refractivity contribution in [2.75, 3.05) is 13.2 Å². The third-order valence-electron chi connectivity index (χ3n) is 2.43. The van der Waals surface area contributed by atoms with Crippen LogP contribution in [0.15, 0.2) is 0 Å². The summed E-state index contributed by atoms with van der Waals surface area (Å²) in [6.07, 6.45) is 0.770. The van der Waals surface area contributed by atoms with Crippen LogP contribution in [0.25, 0.3) is 0 Å². The third-order valence-corrected chi connectivity index (χ3v) is 2.43. The van der Waals surface area contributed by atoms with Crippen molar-refractivity contribution in [3.05, 3.63) is 0 Å². The van der Waals surface area contributed by atoms with Crippen LogP contribution in [-0.4, -0.2) is 40.4 Å². The van der Waals surface area contributed by atoms with Gasteiger partial charge in [0, 0.05) is 6.54 Å². The molecule has 1 fully saturated rings. The van der Waals surface area contributed by atoms with Crippen molar-refractivity contribution >= 4 is 6.09 Å². The molecule has 1 amide bonds. The van der Waals surface area contributed by atoms with Gasteiger partial charge in [-0.2, -0.15) is 0 Å². The Balaban J connectivity index is 2.56. The molecule has 2 atom stereocenters. The summed E-state index contributed by atoms with van der Waals surface area (Å²) in [4.78, 5) is 12.0. The number of carboxylic acid groups (broad SMARTS) is 1. The normalized spacial score (nSPS) is 30.3. The molecule has 4 heteroatoms. The number of aliphatic hydroxyl groups is 1. The second-order valence-electron chi connectivity index (χ2n) is 3.44. The zero-order valence-corrected chi connectivity index (χ0v) is 7.23. The fourth-order valence-electron chi connectivity index (χ4n) is 1.68. The van der Waals surface area contributed by atoms with E-state index in [1.54, 1.807) is 0 Å². The van der Waals surface area contributed by atoms with Crippen molar-refractivity contribution in [3.8, 4) is 0 Å². The smallest absolute Gasteiger partial charge is 0.407 e. The van der Waals surface area contributed by atoms with Gasteiger partial charge in [0.2, 0.25) is 0 Å². The zero-order valence-electron chi connectivity index (χ0n) is 7.23. The zero-order chi connectivity index (χ0) is 9.14. The van der Waals surface area contributed by atoms with Crippen LogP contribution < -0.4 is 0 Å². The monoisotopic (exact) mass is 173 g/mol. The van der Waals surface area contributed by atoms with E-state index in [0.29, 0.717) is 12.5 Å². The second kappa shape index (κ2) is 3.76. The Bertz CT molecular complexity index is 172. The Hall–Kier alpha value is -0.770. The van der Waals surface area contributed by atoms with Gasteiger partial charge in [-0.1, -0.05) is 6.92 Å². The number of rotatable bonds is 1. The van der Waals surface area contributed by atoms with Gasteiger partial charge in [-0.3, -0.25) is 0 Å². The molecular weight excluding hydrogens is 158 g/mol. The van der Waals surface area contributed by atoms with Gasteiger partial charge < -0.3 is 15.1 Å². The highest BCUT2D eigenvalue weighted by Gasteiger charge is 2.28. The summed E-state index contributed by atoms with van der Waals surface area (Å²) < 4.78 is 0. The first kappa shape index (κ1) is 9.32. The van der Waals surface area contributed by atoms with Gasteiger partial charge in [0.25, 0.3) is 0 Å². The van der Waals surface area contributed by atoms with Crippen molar-refractivity contribution in [1.82, 2.24) is 4.90 Å². The molecule has 0 bridgehead atoms. The molecule has 0 aromatic carbocycles. The van der Waals surface area contributed by atoms with Crippen LogP contribution in [-0.2, 0) is 0 Å². The van der Waals surface area contributed by atoms with Gasteiger partial charge in [-0.05, 0) is 18.8 Å². The molecule has 1 saturated heterocycles. The maximum atomic E-state index is 10.6. The molecule has 2 unspecified atom stereocenters. The van der Waals surface area contributed by atoms with Gasteiger partial charge in [0.05, 0.1) is 12.6 Å². The van der Waals surface area contributed by atoms with Gasteiger partial charge in [0.15, 0.2) is 0 Å². The van der Waals surface area contributed by atoms with E-state index >= 15 is 0 Å². The first-order valence-corrected chi connectivity index (χ1v) is 4.25. The summed E-state index contributed by atoms with van der Waals surface area (Å²) in [7, 11) is 0. The fourth-order valence-corrected chi connectivity index (χ4v) is 1.68. The summed E-state index contributed by atoms with van der Waals surface area (Å²) >= 11 is 0. The highest BCUT2D eigenvalue weighted by Crippen LogP contribution is 2.21. The highest BCUT2D eigenvalue weighted by molar-refractivity contribution is 5.65. The molecular formula is C8H15NO3. The van der Waals surface area contributed by atoms with Gasteiger partial charge in [-0.15, -0.1) is 0 Å². The summed E-state index contributed by atoms with van der Waals surface area (Å²) in [5, 5.41) is 17.7. The van der Waals surface area contributed by atoms with Crippen LogP contribution in [0.2, 0.25) is 0 Å². The topological polar surface area (TPSA) is 60.8 Å². The van der Waals surface area contributed by atoms with Gasteiger partial charge >= 0.3 is 6.09 Å². The lowest BCUT2D eigenvalue weighted by Gasteiger charge is -2.35. The van der Waals surface area contributed by atoms with Crippen LogP contribution in [0.5, 0.6) is 0 Å². The van der Waals surface area contributed by atoms with Gasteiger partial charge in [0.1, 0.15) is 0 Å². The Kier molecular flexibility index (Phi) is 2.92. The Morgan fingerprint density at radius 2 is 2.33 bits per heavy atom. The summed E-state index contributed by atoms with van der Waals surface area (Å²) in [5.74, 6) is 0.526. The molecule has 0 radical (unpaired) electrons. The minimum atomic E-state index is -0.916. The number of piperidine rings is 1. The standard InChI is InChI=1S/C8H15NO3/c1-6-2-3-9(8(11)12)7(4-6)5-10/h6-7,10H,2-5H2,1H3,(H,11,12). The van der Waals surface area contributed by atoms with E-state index in [1.807, 2.05) is 0 Å². The molecule has 0 spiro atoms. The predicted molar refractivity (Wildman–Crippen MR) is 44.0 cm³/mol. The largest absolute Gasteiger partial charge is 0.465 e. The third kappa shape index (κ3) is 1.88. The molecule has 0 aromatic heterocycles. The van der Waals surface area contributed by atoms with E-state index in [0.717, 1.165) is 12.8 Å². The number of amides is 1. The maximum absolute atomic E-state index is 10.6. The number of nitrogens with zero attached hydrogens (tertiary/aromatic N) is 1. The van der Waals surface area contributed by atoms with Crippen LogP contribution in [0.1, 0.15) is 19.8 Å². The molecule has 70 valence electrons. The molecule has 0 saturated carbocycles. The van der Waals surface area contributed by atoms with Crippen LogP contribution in [0.4, 0.5) is 4.79 Å². The van der Waals surface area contributed by atoms with E-state index in [1.165, 1.54) is 4.90 Å². The van der Waals surface area contributed by atoms with E-state index in [2.05, 4.69) is 6.92 Å². The summed E-state index contributed by atoms with van der Waals surface area (Å²) in [5.41, 5.74) is 0. The van der Waals surface area contributed by atoms with Crippen LogP contribution >= 0.6 is 0 Å². The SMILES string of the molecule is CC1CCN(C(=O)O)C(CO)C1. The van der Waals surface area contributed by atoms with Gasteiger partial charge in [-0.25, -0.2) is 4.79 Å². The van der Waals surface area contributed by atoms with Crippen LogP contribution in [0.3, 0.4) is 0 Å². The minimum absolute atomic E-state index is 0.0589. The highest BCUT2D eigenvalue weighted by atomic mass is 16.4. The van der Waals surface area contributed by atoms with Crippen molar-refractivity contribution in [2.24, 2.45) is 5.92 Å². The molecule has 12 heavy (non-hydrogen) atoms. The average molecular weight is 173 g/mol. The second-order valence-corrected chi connectivity index (χ2v) is 3.44. The molecule has 1 rings (SSSR count). The van der Waals surface area contributed by atoms with Crippen molar-refractivity contribution in [1.29, 1.82) is 0 Å². The molecule has 0 aliphatic carbocycles. The van der Waals surface area contributed by atoms with E-state index in [9.17, 15) is 4.79 Å². The molecule has 1 aliphatic heterocycles. The first-order valence-electron chi connectivity index (χ1n) is 4.25. The molecule has 2 N–H and O–H groups in total. The summed E-state index contributed by atoms with van der Waals surface area (Å²) in [6.45, 7) is 2.58. The van der Waals surface area contributed by atoms with E-state index < -0.39 is 6.09 Å². The average Bonchev–Trinajstić information content (AvgIpc) is 2.03. The predicted octanol–water partition coefficient (Wildman–Crippen LogP) is 0.757. The van der Waals surface area contributed by atoms with Crippen molar-refractivity contribution < 1.29 is 15.0 Å². The lowest BCUT2D eigenvalue weighted by molar-refractivity contribution is 0.0638. The Morgan fingerprint density at radius 3 is 2.83 bits per heavy atom. The number of aliphatic hydroxyl groups excluding tert-OH is 1.